The number of ether oxygens (including phenoxy) is 1. The summed E-state index contributed by atoms with van der Waals surface area (Å²) in [6.07, 6.45) is 2.16. The molecular formula is C18H31NO2. The Bertz CT molecular complexity index is 445. The van der Waals surface area contributed by atoms with Gasteiger partial charge in [-0.3, -0.25) is 0 Å². The van der Waals surface area contributed by atoms with E-state index >= 15 is 0 Å². The zero-order chi connectivity index (χ0) is 16.1. The van der Waals surface area contributed by atoms with Crippen molar-refractivity contribution in [1.82, 2.24) is 0 Å². The van der Waals surface area contributed by atoms with E-state index in [1.807, 2.05) is 13.0 Å². The van der Waals surface area contributed by atoms with Crippen LogP contribution in [0.2, 0.25) is 0 Å². The monoisotopic (exact) mass is 293 g/mol. The molecule has 0 saturated heterocycles. The van der Waals surface area contributed by atoms with Gasteiger partial charge in [0, 0.05) is 6.54 Å². The van der Waals surface area contributed by atoms with E-state index in [-0.39, 0.29) is 5.41 Å². The molecule has 0 saturated carbocycles. The normalized spacial score (nSPS) is 14.8. The summed E-state index contributed by atoms with van der Waals surface area (Å²) in [5, 5.41) is 10.2. The Hall–Kier alpha value is -1.06. The summed E-state index contributed by atoms with van der Waals surface area (Å²) in [5.41, 5.74) is 7.40. The molecule has 0 aliphatic rings. The van der Waals surface area contributed by atoms with E-state index in [1.54, 1.807) is 0 Å². The van der Waals surface area contributed by atoms with Gasteiger partial charge in [-0.2, -0.15) is 0 Å². The summed E-state index contributed by atoms with van der Waals surface area (Å²) in [7, 11) is 0. The average molecular weight is 293 g/mol. The van der Waals surface area contributed by atoms with Crippen LogP contribution in [0, 0.1) is 6.92 Å². The molecule has 0 aromatic heterocycles. The highest BCUT2D eigenvalue weighted by molar-refractivity contribution is 5.41. The van der Waals surface area contributed by atoms with Gasteiger partial charge >= 0.3 is 0 Å². The first kappa shape index (κ1) is 18.0. The van der Waals surface area contributed by atoms with Gasteiger partial charge in [0.25, 0.3) is 0 Å². The van der Waals surface area contributed by atoms with Crippen molar-refractivity contribution in [2.75, 3.05) is 13.2 Å². The van der Waals surface area contributed by atoms with E-state index in [2.05, 4.69) is 39.8 Å². The maximum absolute atomic E-state index is 10.2. The van der Waals surface area contributed by atoms with Gasteiger partial charge in [0.15, 0.2) is 0 Å². The van der Waals surface area contributed by atoms with Crippen LogP contribution >= 0.6 is 0 Å². The molecule has 0 spiro atoms. The minimum absolute atomic E-state index is 0.0583. The second kappa shape index (κ2) is 7.28. The fourth-order valence-corrected chi connectivity index (χ4v) is 2.36. The van der Waals surface area contributed by atoms with Gasteiger partial charge in [-0.15, -0.1) is 0 Å². The van der Waals surface area contributed by atoms with Crippen LogP contribution in [0.4, 0.5) is 0 Å². The molecule has 0 radical (unpaired) electrons. The molecule has 1 aromatic carbocycles. The molecule has 3 heteroatoms. The van der Waals surface area contributed by atoms with Gasteiger partial charge < -0.3 is 15.6 Å². The van der Waals surface area contributed by atoms with E-state index < -0.39 is 5.60 Å². The molecule has 3 nitrogen and oxygen atoms in total. The third kappa shape index (κ3) is 5.33. The summed E-state index contributed by atoms with van der Waals surface area (Å²) in [6.45, 7) is 11.6. The zero-order valence-electron chi connectivity index (χ0n) is 14.2. The fraction of sp³-hybridized carbons (Fsp3) is 0.667. The highest BCUT2D eigenvalue weighted by Crippen LogP contribution is 2.32. The van der Waals surface area contributed by atoms with Crippen molar-refractivity contribution in [3.63, 3.8) is 0 Å². The van der Waals surface area contributed by atoms with E-state index in [4.69, 9.17) is 10.5 Å². The topological polar surface area (TPSA) is 55.5 Å². The summed E-state index contributed by atoms with van der Waals surface area (Å²) >= 11 is 0. The largest absolute Gasteiger partial charge is 0.493 e. The third-order valence-electron chi connectivity index (χ3n) is 4.03. The van der Waals surface area contributed by atoms with Crippen LogP contribution in [0.3, 0.4) is 0 Å². The highest BCUT2D eigenvalue weighted by Gasteiger charge is 2.22. The van der Waals surface area contributed by atoms with E-state index in [0.29, 0.717) is 26.0 Å². The first-order chi connectivity index (χ1) is 9.72. The molecule has 1 atom stereocenters. The van der Waals surface area contributed by atoms with Crippen molar-refractivity contribution in [2.24, 2.45) is 5.73 Å². The zero-order valence-corrected chi connectivity index (χ0v) is 14.2. The molecule has 0 aliphatic carbocycles. The van der Waals surface area contributed by atoms with Crippen LogP contribution < -0.4 is 10.5 Å². The van der Waals surface area contributed by atoms with Crippen LogP contribution in [-0.2, 0) is 5.41 Å². The highest BCUT2D eigenvalue weighted by atomic mass is 16.5. The van der Waals surface area contributed by atoms with Crippen LogP contribution in [-0.4, -0.2) is 23.9 Å². The summed E-state index contributed by atoms with van der Waals surface area (Å²) in [4.78, 5) is 0. The Morgan fingerprint density at radius 3 is 2.43 bits per heavy atom. The van der Waals surface area contributed by atoms with Crippen molar-refractivity contribution >= 4 is 0 Å². The average Bonchev–Trinajstić information content (AvgIpc) is 2.43. The van der Waals surface area contributed by atoms with Gasteiger partial charge in [-0.05, 0) is 43.2 Å². The quantitative estimate of drug-likeness (QED) is 0.756. The SMILES string of the molecule is CCC(O)(CN)CCCOc1ccc(C)cc1C(C)(C)C. The number of aliphatic hydroxyl groups is 1. The van der Waals surface area contributed by atoms with Gasteiger partial charge in [0.2, 0.25) is 0 Å². The number of hydrogen-bond acceptors (Lipinski definition) is 3. The number of aryl methyl sites for hydroxylation is 1. The van der Waals surface area contributed by atoms with Crippen LogP contribution in [0.5, 0.6) is 5.75 Å². The molecule has 1 aromatic rings. The lowest BCUT2D eigenvalue weighted by atomic mass is 9.85. The fourth-order valence-electron chi connectivity index (χ4n) is 2.36. The number of nitrogens with two attached hydrogens (primary N) is 1. The molecule has 120 valence electrons. The predicted molar refractivity (Wildman–Crippen MR) is 88.9 cm³/mol. The summed E-state index contributed by atoms with van der Waals surface area (Å²) in [6, 6.07) is 6.31. The van der Waals surface area contributed by atoms with E-state index in [1.165, 1.54) is 11.1 Å². The third-order valence-corrected chi connectivity index (χ3v) is 4.03. The Morgan fingerprint density at radius 1 is 1.24 bits per heavy atom. The van der Waals surface area contributed by atoms with Gasteiger partial charge in [-0.25, -0.2) is 0 Å². The van der Waals surface area contributed by atoms with Crippen molar-refractivity contribution in [3.8, 4) is 5.75 Å². The lowest BCUT2D eigenvalue weighted by Gasteiger charge is -2.26. The second-order valence-electron chi connectivity index (χ2n) is 6.98. The number of benzene rings is 1. The van der Waals surface area contributed by atoms with Crippen molar-refractivity contribution in [3.05, 3.63) is 29.3 Å². The standard InChI is InChI=1S/C18H31NO2/c1-6-18(20,13-19)10-7-11-21-16-9-8-14(2)12-15(16)17(3,4)5/h8-9,12,20H,6-7,10-11,13,19H2,1-5H3. The van der Waals surface area contributed by atoms with Crippen molar-refractivity contribution < 1.29 is 9.84 Å². The first-order valence-corrected chi connectivity index (χ1v) is 7.88. The number of rotatable bonds is 7. The minimum Gasteiger partial charge on any atom is -0.493 e. The molecule has 0 bridgehead atoms. The molecular weight excluding hydrogens is 262 g/mol. The Kier molecular flexibility index (Phi) is 6.24. The van der Waals surface area contributed by atoms with Gasteiger partial charge in [-0.1, -0.05) is 45.4 Å². The molecule has 1 unspecified atom stereocenters. The maximum atomic E-state index is 10.2. The van der Waals surface area contributed by atoms with E-state index in [9.17, 15) is 5.11 Å². The molecule has 0 aliphatic heterocycles. The first-order valence-electron chi connectivity index (χ1n) is 7.88. The van der Waals surface area contributed by atoms with Crippen LogP contribution in [0.25, 0.3) is 0 Å². The maximum Gasteiger partial charge on any atom is 0.123 e. The van der Waals surface area contributed by atoms with Crippen LogP contribution in [0.15, 0.2) is 18.2 Å². The molecule has 21 heavy (non-hydrogen) atoms. The summed E-state index contributed by atoms with van der Waals surface area (Å²) in [5.74, 6) is 0.945. The van der Waals surface area contributed by atoms with Crippen LogP contribution in [0.1, 0.15) is 58.1 Å². The second-order valence-corrected chi connectivity index (χ2v) is 6.98. The number of hydrogen-bond donors (Lipinski definition) is 2. The minimum atomic E-state index is -0.747. The van der Waals surface area contributed by atoms with Crippen molar-refractivity contribution in [1.29, 1.82) is 0 Å². The molecule has 3 N–H and O–H groups in total. The lowest BCUT2D eigenvalue weighted by molar-refractivity contribution is 0.0308. The van der Waals surface area contributed by atoms with E-state index in [0.717, 1.165) is 12.2 Å². The Balaban J connectivity index is 2.64. The molecule has 0 fully saturated rings. The Morgan fingerprint density at radius 2 is 1.90 bits per heavy atom. The molecule has 0 heterocycles. The smallest absolute Gasteiger partial charge is 0.123 e. The van der Waals surface area contributed by atoms with Crippen molar-refractivity contribution in [2.45, 2.75) is 64.9 Å². The van der Waals surface area contributed by atoms with Gasteiger partial charge in [0.05, 0.1) is 12.2 Å². The lowest BCUT2D eigenvalue weighted by Crippen LogP contribution is -2.37. The van der Waals surface area contributed by atoms with Gasteiger partial charge in [0.1, 0.15) is 5.75 Å². The molecule has 0 amide bonds. The summed E-state index contributed by atoms with van der Waals surface area (Å²) < 4.78 is 5.95. The Labute approximate surface area is 129 Å². The molecule has 1 rings (SSSR count). The predicted octanol–water partition coefficient (Wildman–Crippen LogP) is 3.55.